The molecule has 2 aromatic rings. The number of nitrogens with one attached hydrogen (secondary N) is 1. The van der Waals surface area contributed by atoms with Crippen molar-refractivity contribution in [2.45, 2.75) is 13.0 Å². The Kier molecular flexibility index (Phi) is 5.52. The summed E-state index contributed by atoms with van der Waals surface area (Å²) in [7, 11) is 1.58. The first kappa shape index (κ1) is 16.5. The number of benzene rings is 2. The smallest absolute Gasteiger partial charge is 0.265 e. The molecule has 6 heteroatoms. The highest BCUT2D eigenvalue weighted by atomic mass is 35.5. The second-order valence-electron chi connectivity index (χ2n) is 4.55. The molecule has 2 aromatic carbocycles. The monoisotopic (exact) mass is 339 g/mol. The number of rotatable bonds is 5. The van der Waals surface area contributed by atoms with Gasteiger partial charge in [-0.2, -0.15) is 0 Å². The van der Waals surface area contributed by atoms with Crippen LogP contribution in [0.4, 0.5) is 5.69 Å². The maximum atomic E-state index is 12.1. The van der Waals surface area contributed by atoms with Crippen LogP contribution in [0.1, 0.15) is 6.92 Å². The van der Waals surface area contributed by atoms with Gasteiger partial charge in [0.2, 0.25) is 0 Å². The van der Waals surface area contributed by atoms with Crippen molar-refractivity contribution in [3.05, 3.63) is 52.5 Å². The lowest BCUT2D eigenvalue weighted by Crippen LogP contribution is -2.30. The van der Waals surface area contributed by atoms with Gasteiger partial charge in [-0.15, -0.1) is 0 Å². The van der Waals surface area contributed by atoms with Crippen LogP contribution in [0.15, 0.2) is 42.5 Å². The molecule has 4 nitrogen and oxygen atoms in total. The van der Waals surface area contributed by atoms with E-state index in [1.165, 1.54) is 0 Å². The van der Waals surface area contributed by atoms with Crippen LogP contribution in [0.5, 0.6) is 11.5 Å². The summed E-state index contributed by atoms with van der Waals surface area (Å²) < 4.78 is 10.6. The van der Waals surface area contributed by atoms with Gasteiger partial charge in [0, 0.05) is 10.7 Å². The van der Waals surface area contributed by atoms with Crippen LogP contribution < -0.4 is 14.8 Å². The molecule has 0 aliphatic heterocycles. The lowest BCUT2D eigenvalue weighted by atomic mass is 10.2. The maximum absolute atomic E-state index is 12.1. The third-order valence-corrected chi connectivity index (χ3v) is 3.45. The first-order valence-electron chi connectivity index (χ1n) is 6.56. The molecule has 1 amide bonds. The van der Waals surface area contributed by atoms with Gasteiger partial charge < -0.3 is 14.8 Å². The second kappa shape index (κ2) is 7.38. The summed E-state index contributed by atoms with van der Waals surface area (Å²) in [6, 6.07) is 11.9. The van der Waals surface area contributed by atoms with Gasteiger partial charge in [0.05, 0.1) is 12.1 Å². The van der Waals surface area contributed by atoms with Crippen molar-refractivity contribution in [1.82, 2.24) is 0 Å². The standard InChI is InChI=1S/C16H15Cl2NO3/c1-10(22-15-8-3-11(17)9-14(15)18)16(20)19-12-4-6-13(21-2)7-5-12/h3-10H,1-2H3,(H,19,20)/t10-/m1/s1. The van der Waals surface area contributed by atoms with Crippen molar-refractivity contribution in [1.29, 1.82) is 0 Å². The number of amides is 1. The average molecular weight is 340 g/mol. The molecule has 0 heterocycles. The van der Waals surface area contributed by atoms with E-state index in [4.69, 9.17) is 32.7 Å². The van der Waals surface area contributed by atoms with E-state index in [9.17, 15) is 4.79 Å². The van der Waals surface area contributed by atoms with Crippen molar-refractivity contribution >= 4 is 34.8 Å². The van der Waals surface area contributed by atoms with E-state index in [1.54, 1.807) is 56.5 Å². The zero-order valence-corrected chi connectivity index (χ0v) is 13.6. The third kappa shape index (κ3) is 4.29. The van der Waals surface area contributed by atoms with Gasteiger partial charge in [0.25, 0.3) is 5.91 Å². The minimum absolute atomic E-state index is 0.281. The Morgan fingerprint density at radius 3 is 2.41 bits per heavy atom. The Labute approximate surface area is 138 Å². The summed E-state index contributed by atoms with van der Waals surface area (Å²) in [5.74, 6) is 0.842. The lowest BCUT2D eigenvalue weighted by molar-refractivity contribution is -0.122. The topological polar surface area (TPSA) is 47.6 Å². The quantitative estimate of drug-likeness (QED) is 0.877. The van der Waals surface area contributed by atoms with Crippen LogP contribution in [0, 0.1) is 0 Å². The number of halogens is 2. The van der Waals surface area contributed by atoms with E-state index in [2.05, 4.69) is 5.32 Å². The summed E-state index contributed by atoms with van der Waals surface area (Å²) in [6.45, 7) is 1.64. The van der Waals surface area contributed by atoms with Crippen LogP contribution in [0.25, 0.3) is 0 Å². The zero-order chi connectivity index (χ0) is 16.1. The Hall–Kier alpha value is -1.91. The molecule has 0 fully saturated rings. The highest BCUT2D eigenvalue weighted by Gasteiger charge is 2.16. The van der Waals surface area contributed by atoms with Gasteiger partial charge in [0.1, 0.15) is 11.5 Å². The summed E-state index contributed by atoms with van der Waals surface area (Å²) in [6.07, 6.45) is -0.708. The minimum atomic E-state index is -0.708. The summed E-state index contributed by atoms with van der Waals surface area (Å²) in [4.78, 5) is 12.1. The molecule has 0 saturated carbocycles. The number of anilines is 1. The zero-order valence-electron chi connectivity index (χ0n) is 12.1. The van der Waals surface area contributed by atoms with E-state index in [-0.39, 0.29) is 5.91 Å². The number of carbonyl (C=O) groups is 1. The van der Waals surface area contributed by atoms with E-state index in [0.717, 1.165) is 5.75 Å². The molecular formula is C16H15Cl2NO3. The number of ether oxygens (including phenoxy) is 2. The molecule has 116 valence electrons. The third-order valence-electron chi connectivity index (χ3n) is 2.92. The molecule has 2 rings (SSSR count). The maximum Gasteiger partial charge on any atom is 0.265 e. The van der Waals surface area contributed by atoms with E-state index >= 15 is 0 Å². The largest absolute Gasteiger partial charge is 0.497 e. The van der Waals surface area contributed by atoms with Crippen LogP contribution in [0.2, 0.25) is 10.0 Å². The molecule has 0 aromatic heterocycles. The predicted octanol–water partition coefficient (Wildman–Crippen LogP) is 4.41. The first-order valence-corrected chi connectivity index (χ1v) is 7.32. The minimum Gasteiger partial charge on any atom is -0.497 e. The van der Waals surface area contributed by atoms with Gasteiger partial charge in [-0.05, 0) is 49.4 Å². The molecule has 1 N–H and O–H groups in total. The van der Waals surface area contributed by atoms with Crippen molar-refractivity contribution in [2.75, 3.05) is 12.4 Å². The SMILES string of the molecule is COc1ccc(NC(=O)[C@@H](C)Oc2ccc(Cl)cc2Cl)cc1. The second-order valence-corrected chi connectivity index (χ2v) is 5.40. The average Bonchev–Trinajstić information content (AvgIpc) is 2.50. The molecule has 0 saturated heterocycles. The van der Waals surface area contributed by atoms with Crippen LogP contribution >= 0.6 is 23.2 Å². The van der Waals surface area contributed by atoms with Gasteiger partial charge in [-0.1, -0.05) is 23.2 Å². The number of carbonyl (C=O) groups excluding carboxylic acids is 1. The molecular weight excluding hydrogens is 325 g/mol. The number of hydrogen-bond donors (Lipinski definition) is 1. The summed E-state index contributed by atoms with van der Waals surface area (Å²) >= 11 is 11.8. The number of methoxy groups -OCH3 is 1. The van der Waals surface area contributed by atoms with Gasteiger partial charge >= 0.3 is 0 Å². The van der Waals surface area contributed by atoms with E-state index in [1.807, 2.05) is 0 Å². The Morgan fingerprint density at radius 1 is 1.14 bits per heavy atom. The molecule has 22 heavy (non-hydrogen) atoms. The Morgan fingerprint density at radius 2 is 1.82 bits per heavy atom. The fourth-order valence-electron chi connectivity index (χ4n) is 1.73. The van der Waals surface area contributed by atoms with Gasteiger partial charge in [0.15, 0.2) is 6.10 Å². The fourth-order valence-corrected chi connectivity index (χ4v) is 2.19. The fraction of sp³-hybridized carbons (Fsp3) is 0.188. The molecule has 0 radical (unpaired) electrons. The normalized spacial score (nSPS) is 11.6. The van der Waals surface area contributed by atoms with Crippen molar-refractivity contribution in [3.8, 4) is 11.5 Å². The van der Waals surface area contributed by atoms with E-state index < -0.39 is 6.10 Å². The summed E-state index contributed by atoms with van der Waals surface area (Å²) in [5.41, 5.74) is 0.656. The molecule has 0 bridgehead atoms. The Bertz CT molecular complexity index is 659. The van der Waals surface area contributed by atoms with Crippen molar-refractivity contribution in [2.24, 2.45) is 0 Å². The first-order chi connectivity index (χ1) is 10.5. The Balaban J connectivity index is 1.99. The molecule has 0 spiro atoms. The molecule has 0 unspecified atom stereocenters. The highest BCUT2D eigenvalue weighted by Crippen LogP contribution is 2.28. The van der Waals surface area contributed by atoms with Gasteiger partial charge in [-0.25, -0.2) is 0 Å². The molecule has 0 aliphatic rings. The van der Waals surface area contributed by atoms with Crippen LogP contribution in [-0.4, -0.2) is 19.1 Å². The van der Waals surface area contributed by atoms with Gasteiger partial charge in [-0.3, -0.25) is 4.79 Å². The highest BCUT2D eigenvalue weighted by molar-refractivity contribution is 6.35. The molecule has 1 atom stereocenters. The van der Waals surface area contributed by atoms with Crippen molar-refractivity contribution < 1.29 is 14.3 Å². The van der Waals surface area contributed by atoms with Crippen molar-refractivity contribution in [3.63, 3.8) is 0 Å². The van der Waals surface area contributed by atoms with E-state index in [0.29, 0.717) is 21.5 Å². The summed E-state index contributed by atoms with van der Waals surface area (Å²) in [5, 5.41) is 3.62. The van der Waals surface area contributed by atoms with Crippen LogP contribution in [0.3, 0.4) is 0 Å². The van der Waals surface area contributed by atoms with Crippen LogP contribution in [-0.2, 0) is 4.79 Å². The lowest BCUT2D eigenvalue weighted by Gasteiger charge is -2.16. The number of hydrogen-bond acceptors (Lipinski definition) is 3. The predicted molar refractivity (Wildman–Crippen MR) is 88.2 cm³/mol. The molecule has 0 aliphatic carbocycles.